The highest BCUT2D eigenvalue weighted by molar-refractivity contribution is 5.91. The second-order valence-corrected chi connectivity index (χ2v) is 7.15. The van der Waals surface area contributed by atoms with Gasteiger partial charge in [-0.25, -0.2) is 4.39 Å². The average Bonchev–Trinajstić information content (AvgIpc) is 3.15. The number of fused-ring (bicyclic) bond motifs is 1. The average molecular weight is 367 g/mol. The molecule has 2 heterocycles. The van der Waals surface area contributed by atoms with Gasteiger partial charge in [-0.15, -0.1) is 0 Å². The molecule has 4 rings (SSSR count). The number of ether oxygens (including phenoxy) is 1. The Bertz CT molecular complexity index is 857. The number of benzene rings is 2. The maximum Gasteiger partial charge on any atom is 0.246 e. The molecule has 1 saturated heterocycles. The lowest BCUT2D eigenvalue weighted by Crippen LogP contribution is -3.13. The van der Waals surface area contributed by atoms with Crippen LogP contribution in [-0.4, -0.2) is 43.6 Å². The summed E-state index contributed by atoms with van der Waals surface area (Å²) in [5, 5.41) is 0. The van der Waals surface area contributed by atoms with Crippen LogP contribution in [0.15, 0.2) is 48.5 Å². The monoisotopic (exact) mass is 367 g/mol. The highest BCUT2D eigenvalue weighted by Crippen LogP contribution is 2.25. The lowest BCUT2D eigenvalue weighted by Gasteiger charge is -2.31. The first-order chi connectivity index (χ1) is 13.2. The first-order valence-electron chi connectivity index (χ1n) is 9.49. The van der Waals surface area contributed by atoms with Crippen molar-refractivity contribution in [1.29, 1.82) is 0 Å². The number of hydrogen-bond acceptors (Lipinski definition) is 2. The summed E-state index contributed by atoms with van der Waals surface area (Å²) in [6, 6.07) is 12.9. The van der Waals surface area contributed by atoms with E-state index in [0.717, 1.165) is 51.5 Å². The molecule has 140 valence electrons. The van der Waals surface area contributed by atoms with E-state index in [1.54, 1.807) is 24.3 Å². The van der Waals surface area contributed by atoms with Crippen molar-refractivity contribution in [3.63, 3.8) is 0 Å². The Balaban J connectivity index is 1.29. The third-order valence-corrected chi connectivity index (χ3v) is 5.30. The maximum absolute atomic E-state index is 13.6. The molecule has 0 saturated carbocycles. The number of piperazine rings is 1. The summed E-state index contributed by atoms with van der Waals surface area (Å²) < 4.78 is 19.2. The number of halogens is 1. The Hall–Kier alpha value is -2.66. The second-order valence-electron chi connectivity index (χ2n) is 7.15. The minimum atomic E-state index is -0.310. The van der Waals surface area contributed by atoms with Gasteiger partial charge in [-0.05, 0) is 35.9 Å². The third-order valence-electron chi connectivity index (χ3n) is 5.30. The van der Waals surface area contributed by atoms with Gasteiger partial charge in [-0.3, -0.25) is 4.79 Å². The van der Waals surface area contributed by atoms with E-state index < -0.39 is 0 Å². The number of nitrogens with one attached hydrogen (secondary N) is 1. The Morgan fingerprint density at radius 3 is 2.81 bits per heavy atom. The quantitative estimate of drug-likeness (QED) is 0.835. The molecule has 27 heavy (non-hydrogen) atoms. The Labute approximate surface area is 158 Å². The van der Waals surface area contributed by atoms with Gasteiger partial charge in [0.05, 0.1) is 32.8 Å². The summed E-state index contributed by atoms with van der Waals surface area (Å²) in [4.78, 5) is 15.7. The molecule has 4 nitrogen and oxygen atoms in total. The largest absolute Gasteiger partial charge is 0.493 e. The van der Waals surface area contributed by atoms with Gasteiger partial charge < -0.3 is 14.5 Å². The van der Waals surface area contributed by atoms with Gasteiger partial charge >= 0.3 is 0 Å². The second kappa shape index (κ2) is 7.92. The summed E-state index contributed by atoms with van der Waals surface area (Å²) in [5.41, 5.74) is 3.07. The molecule has 2 aromatic carbocycles. The number of hydrogen-bond donors (Lipinski definition) is 1. The van der Waals surface area contributed by atoms with Crippen molar-refractivity contribution in [2.45, 2.75) is 13.0 Å². The highest BCUT2D eigenvalue weighted by Gasteiger charge is 2.23. The van der Waals surface area contributed by atoms with E-state index in [4.69, 9.17) is 4.74 Å². The molecule has 2 aliphatic rings. The highest BCUT2D eigenvalue weighted by atomic mass is 19.1. The normalized spacial score (nSPS) is 17.1. The maximum atomic E-state index is 13.6. The van der Waals surface area contributed by atoms with Crippen molar-refractivity contribution >= 4 is 12.0 Å². The van der Waals surface area contributed by atoms with E-state index in [9.17, 15) is 9.18 Å². The van der Waals surface area contributed by atoms with Crippen LogP contribution in [0.1, 0.15) is 16.7 Å². The number of rotatable bonds is 4. The Kier molecular flexibility index (Phi) is 5.21. The van der Waals surface area contributed by atoms with Crippen LogP contribution in [0.3, 0.4) is 0 Å². The van der Waals surface area contributed by atoms with Crippen LogP contribution in [0.5, 0.6) is 5.75 Å². The lowest BCUT2D eigenvalue weighted by molar-refractivity contribution is -0.917. The Morgan fingerprint density at radius 1 is 1.19 bits per heavy atom. The molecule has 5 heteroatoms. The van der Waals surface area contributed by atoms with Crippen molar-refractivity contribution in [3.8, 4) is 5.75 Å². The third kappa shape index (κ3) is 4.19. The van der Waals surface area contributed by atoms with Crippen LogP contribution in [0.25, 0.3) is 6.08 Å². The van der Waals surface area contributed by atoms with Crippen LogP contribution in [0.4, 0.5) is 4.39 Å². The van der Waals surface area contributed by atoms with Gasteiger partial charge in [0, 0.05) is 23.6 Å². The standard InChI is InChI=1S/C22H23FN2O2/c23-20-4-2-1-3-18(20)6-8-22(26)25-12-10-24(11-13-25)16-17-5-7-21-19(15-17)9-14-27-21/h1-8,15H,9-14,16H2/p+1/b8-6+. The van der Waals surface area contributed by atoms with Crippen molar-refractivity contribution < 1.29 is 18.8 Å². The molecule has 1 amide bonds. The number of nitrogens with zero attached hydrogens (tertiary/aromatic N) is 1. The van der Waals surface area contributed by atoms with Crippen molar-refractivity contribution in [2.24, 2.45) is 0 Å². The van der Waals surface area contributed by atoms with Crippen molar-refractivity contribution in [1.82, 2.24) is 4.90 Å². The van der Waals surface area contributed by atoms with Crippen LogP contribution in [0, 0.1) is 5.82 Å². The molecule has 0 aromatic heterocycles. The van der Waals surface area contributed by atoms with E-state index in [1.165, 1.54) is 28.2 Å². The smallest absolute Gasteiger partial charge is 0.246 e. The van der Waals surface area contributed by atoms with Gasteiger partial charge in [-0.2, -0.15) is 0 Å². The van der Waals surface area contributed by atoms with Crippen molar-refractivity contribution in [2.75, 3.05) is 32.8 Å². The van der Waals surface area contributed by atoms with Crippen LogP contribution in [0.2, 0.25) is 0 Å². The van der Waals surface area contributed by atoms with Gasteiger partial charge in [0.1, 0.15) is 18.1 Å². The minimum absolute atomic E-state index is 0.0491. The first kappa shape index (κ1) is 17.7. The summed E-state index contributed by atoms with van der Waals surface area (Å²) >= 11 is 0. The van der Waals surface area contributed by atoms with Gasteiger partial charge in [0.2, 0.25) is 5.91 Å². The molecular weight excluding hydrogens is 343 g/mol. The van der Waals surface area contributed by atoms with Gasteiger partial charge in [0.25, 0.3) is 0 Å². The molecule has 0 spiro atoms. The zero-order valence-corrected chi connectivity index (χ0v) is 15.3. The van der Waals surface area contributed by atoms with Crippen LogP contribution >= 0.6 is 0 Å². The van der Waals surface area contributed by atoms with E-state index in [1.807, 2.05) is 4.90 Å². The topological polar surface area (TPSA) is 34.0 Å². The van der Waals surface area contributed by atoms with E-state index in [2.05, 4.69) is 18.2 Å². The molecule has 0 bridgehead atoms. The molecule has 1 N–H and O–H groups in total. The molecule has 0 unspecified atom stereocenters. The van der Waals surface area contributed by atoms with Gasteiger partial charge in [-0.1, -0.05) is 18.2 Å². The minimum Gasteiger partial charge on any atom is -0.493 e. The predicted molar refractivity (Wildman–Crippen MR) is 102 cm³/mol. The molecule has 2 aliphatic heterocycles. The fourth-order valence-corrected chi connectivity index (χ4v) is 3.74. The Morgan fingerprint density at radius 2 is 2.00 bits per heavy atom. The van der Waals surface area contributed by atoms with Crippen LogP contribution in [-0.2, 0) is 17.8 Å². The zero-order chi connectivity index (χ0) is 18.6. The number of amides is 1. The van der Waals surface area contributed by atoms with Crippen molar-refractivity contribution in [3.05, 3.63) is 71.0 Å². The molecule has 0 radical (unpaired) electrons. The fraction of sp³-hybridized carbons (Fsp3) is 0.318. The molecule has 0 aliphatic carbocycles. The number of quaternary nitrogens is 1. The summed E-state index contributed by atoms with van der Waals surface area (Å²) in [7, 11) is 0. The number of carbonyl (C=O) groups excluding carboxylic acids is 1. The fourth-order valence-electron chi connectivity index (χ4n) is 3.74. The van der Waals surface area contributed by atoms with E-state index in [-0.39, 0.29) is 11.7 Å². The van der Waals surface area contributed by atoms with E-state index >= 15 is 0 Å². The van der Waals surface area contributed by atoms with Gasteiger partial charge in [0.15, 0.2) is 0 Å². The molecular formula is C22H24FN2O2+. The van der Waals surface area contributed by atoms with E-state index in [0.29, 0.717) is 5.56 Å². The summed E-state index contributed by atoms with van der Waals surface area (Å²) in [6.07, 6.45) is 4.03. The number of carbonyl (C=O) groups is 1. The summed E-state index contributed by atoms with van der Waals surface area (Å²) in [6.45, 7) is 5.06. The molecule has 0 atom stereocenters. The summed E-state index contributed by atoms with van der Waals surface area (Å²) in [5.74, 6) is 0.661. The van der Waals surface area contributed by atoms with Crippen LogP contribution < -0.4 is 9.64 Å². The lowest BCUT2D eigenvalue weighted by atomic mass is 10.1. The first-order valence-corrected chi connectivity index (χ1v) is 9.49. The molecule has 2 aromatic rings. The SMILES string of the molecule is O=C(/C=C/c1ccccc1F)N1CC[NH+](Cc2ccc3c(c2)CCO3)CC1. The molecule has 1 fully saturated rings. The zero-order valence-electron chi connectivity index (χ0n) is 15.3. The predicted octanol–water partition coefficient (Wildman–Crippen LogP) is 1.70.